The predicted molar refractivity (Wildman–Crippen MR) is 66.7 cm³/mol. The van der Waals surface area contributed by atoms with Crippen molar-refractivity contribution >= 4 is 0 Å². The minimum absolute atomic E-state index is 0.155. The number of hydrogen-bond donors (Lipinski definition) is 2. The second-order valence-electron chi connectivity index (χ2n) is 4.50. The van der Waals surface area contributed by atoms with Gasteiger partial charge in [-0.1, -0.05) is 12.1 Å². The van der Waals surface area contributed by atoms with Crippen LogP contribution in [0.2, 0.25) is 0 Å². The van der Waals surface area contributed by atoms with E-state index < -0.39 is 0 Å². The van der Waals surface area contributed by atoms with E-state index in [0.717, 1.165) is 30.9 Å². The summed E-state index contributed by atoms with van der Waals surface area (Å²) in [5, 5.41) is 0. The summed E-state index contributed by atoms with van der Waals surface area (Å²) < 4.78 is 10.7. The molecule has 0 aliphatic carbocycles. The molecule has 4 nitrogen and oxygen atoms in total. The van der Waals surface area contributed by atoms with Crippen molar-refractivity contribution < 1.29 is 9.47 Å². The molecule has 17 heavy (non-hydrogen) atoms. The normalized spacial score (nSPS) is 21.5. The maximum absolute atomic E-state index is 5.67. The summed E-state index contributed by atoms with van der Waals surface area (Å²) in [6, 6.07) is 6.34. The van der Waals surface area contributed by atoms with Crippen LogP contribution >= 0.6 is 0 Å². The van der Waals surface area contributed by atoms with Gasteiger partial charge < -0.3 is 9.47 Å². The van der Waals surface area contributed by atoms with Crippen LogP contribution in [0.5, 0.6) is 5.75 Å². The highest BCUT2D eigenvalue weighted by molar-refractivity contribution is 5.37. The lowest BCUT2D eigenvalue weighted by atomic mass is 9.92. The summed E-state index contributed by atoms with van der Waals surface area (Å²) in [6.45, 7) is 3.65. The number of methoxy groups -OCH3 is 1. The summed E-state index contributed by atoms with van der Waals surface area (Å²) in [5.74, 6) is 7.03. The van der Waals surface area contributed by atoms with Gasteiger partial charge in [0, 0.05) is 12.5 Å². The molecule has 1 heterocycles. The first-order valence-electron chi connectivity index (χ1n) is 5.94. The Morgan fingerprint density at radius 2 is 2.35 bits per heavy atom. The largest absolute Gasteiger partial charge is 0.496 e. The molecule has 1 aliphatic heterocycles. The van der Waals surface area contributed by atoms with Crippen molar-refractivity contribution in [3.63, 3.8) is 0 Å². The molecule has 0 amide bonds. The Balaban J connectivity index is 2.21. The van der Waals surface area contributed by atoms with E-state index in [-0.39, 0.29) is 6.04 Å². The molecular formula is C13H20N2O2. The van der Waals surface area contributed by atoms with Crippen LogP contribution < -0.4 is 16.0 Å². The van der Waals surface area contributed by atoms with E-state index in [2.05, 4.69) is 17.6 Å². The number of aryl methyl sites for hydroxylation is 1. The third-order valence-corrected chi connectivity index (χ3v) is 3.39. The van der Waals surface area contributed by atoms with Gasteiger partial charge in [0.1, 0.15) is 5.75 Å². The lowest BCUT2D eigenvalue weighted by Gasteiger charge is -2.22. The number of benzene rings is 1. The van der Waals surface area contributed by atoms with Crippen LogP contribution in [0, 0.1) is 12.8 Å². The second kappa shape index (κ2) is 5.49. The Hall–Kier alpha value is -1.10. The van der Waals surface area contributed by atoms with Crippen LogP contribution in [0.15, 0.2) is 18.2 Å². The Morgan fingerprint density at radius 3 is 2.88 bits per heavy atom. The van der Waals surface area contributed by atoms with E-state index in [1.165, 1.54) is 5.56 Å². The van der Waals surface area contributed by atoms with Crippen LogP contribution in [0.4, 0.5) is 0 Å². The average molecular weight is 236 g/mol. The molecule has 0 spiro atoms. The SMILES string of the molecule is COc1ccc(C(NN)C2CCOC2)cc1C. The molecule has 3 N–H and O–H groups in total. The van der Waals surface area contributed by atoms with Crippen molar-refractivity contribution in [3.8, 4) is 5.75 Å². The smallest absolute Gasteiger partial charge is 0.121 e. The van der Waals surface area contributed by atoms with Crippen LogP contribution in [-0.2, 0) is 4.74 Å². The third-order valence-electron chi connectivity index (χ3n) is 3.39. The molecule has 1 saturated heterocycles. The summed E-state index contributed by atoms with van der Waals surface area (Å²) in [7, 11) is 1.69. The molecule has 1 aromatic carbocycles. The van der Waals surface area contributed by atoms with E-state index in [4.69, 9.17) is 15.3 Å². The second-order valence-corrected chi connectivity index (χ2v) is 4.50. The van der Waals surface area contributed by atoms with Crippen LogP contribution in [0.25, 0.3) is 0 Å². The lowest BCUT2D eigenvalue weighted by Crippen LogP contribution is -2.33. The zero-order chi connectivity index (χ0) is 12.3. The third kappa shape index (κ3) is 2.60. The maximum Gasteiger partial charge on any atom is 0.121 e. The summed E-state index contributed by atoms with van der Waals surface area (Å²) in [4.78, 5) is 0. The van der Waals surface area contributed by atoms with E-state index in [9.17, 15) is 0 Å². The molecule has 2 atom stereocenters. The molecule has 1 aromatic rings. The van der Waals surface area contributed by atoms with Gasteiger partial charge in [-0.05, 0) is 30.5 Å². The van der Waals surface area contributed by atoms with Crippen molar-refractivity contribution in [2.75, 3.05) is 20.3 Å². The first-order chi connectivity index (χ1) is 8.26. The van der Waals surface area contributed by atoms with E-state index >= 15 is 0 Å². The minimum Gasteiger partial charge on any atom is -0.496 e. The Morgan fingerprint density at radius 1 is 1.53 bits per heavy atom. The van der Waals surface area contributed by atoms with Gasteiger partial charge in [-0.15, -0.1) is 0 Å². The molecule has 4 heteroatoms. The van der Waals surface area contributed by atoms with Gasteiger partial charge in [-0.25, -0.2) is 0 Å². The van der Waals surface area contributed by atoms with E-state index in [1.54, 1.807) is 7.11 Å². The van der Waals surface area contributed by atoms with Crippen molar-refractivity contribution in [3.05, 3.63) is 29.3 Å². The predicted octanol–water partition coefficient (Wildman–Crippen LogP) is 1.54. The van der Waals surface area contributed by atoms with Crippen LogP contribution in [-0.4, -0.2) is 20.3 Å². The Bertz CT molecular complexity index is 376. The standard InChI is InChI=1S/C13H20N2O2/c1-9-7-10(3-4-12(9)16-2)13(15-14)11-5-6-17-8-11/h3-4,7,11,13,15H,5-6,8,14H2,1-2H3. The van der Waals surface area contributed by atoms with Crippen molar-refractivity contribution in [1.29, 1.82) is 0 Å². The highest BCUT2D eigenvalue weighted by Gasteiger charge is 2.26. The molecule has 2 unspecified atom stereocenters. The number of ether oxygens (including phenoxy) is 2. The highest BCUT2D eigenvalue weighted by Crippen LogP contribution is 2.30. The van der Waals surface area contributed by atoms with Crippen molar-refractivity contribution in [1.82, 2.24) is 5.43 Å². The van der Waals surface area contributed by atoms with Crippen LogP contribution in [0.1, 0.15) is 23.6 Å². The average Bonchev–Trinajstić information content (AvgIpc) is 2.84. The Labute approximate surface area is 102 Å². The Kier molecular flexibility index (Phi) is 3.99. The van der Waals surface area contributed by atoms with E-state index in [0.29, 0.717) is 5.92 Å². The van der Waals surface area contributed by atoms with Crippen molar-refractivity contribution in [2.45, 2.75) is 19.4 Å². The summed E-state index contributed by atoms with van der Waals surface area (Å²) in [6.07, 6.45) is 1.06. The lowest BCUT2D eigenvalue weighted by molar-refractivity contribution is 0.177. The highest BCUT2D eigenvalue weighted by atomic mass is 16.5. The molecule has 0 radical (unpaired) electrons. The molecular weight excluding hydrogens is 216 g/mol. The van der Waals surface area contributed by atoms with Gasteiger partial charge in [0.2, 0.25) is 0 Å². The molecule has 0 saturated carbocycles. The zero-order valence-corrected chi connectivity index (χ0v) is 10.4. The fraction of sp³-hybridized carbons (Fsp3) is 0.538. The first-order valence-corrected chi connectivity index (χ1v) is 5.94. The fourth-order valence-corrected chi connectivity index (χ4v) is 2.42. The molecule has 1 aliphatic rings. The van der Waals surface area contributed by atoms with Gasteiger partial charge in [0.05, 0.1) is 19.8 Å². The van der Waals surface area contributed by atoms with E-state index in [1.807, 2.05) is 13.0 Å². The van der Waals surface area contributed by atoms with Crippen LogP contribution in [0.3, 0.4) is 0 Å². The molecule has 2 rings (SSSR count). The quantitative estimate of drug-likeness (QED) is 0.615. The zero-order valence-electron chi connectivity index (χ0n) is 10.4. The van der Waals surface area contributed by atoms with Gasteiger partial charge in [0.15, 0.2) is 0 Å². The molecule has 1 fully saturated rings. The molecule has 94 valence electrons. The fourth-order valence-electron chi connectivity index (χ4n) is 2.42. The number of nitrogens with one attached hydrogen (secondary N) is 1. The number of nitrogens with two attached hydrogens (primary N) is 1. The number of rotatable bonds is 4. The summed E-state index contributed by atoms with van der Waals surface area (Å²) >= 11 is 0. The molecule has 0 aromatic heterocycles. The van der Waals surface area contributed by atoms with Gasteiger partial charge in [-0.2, -0.15) is 0 Å². The minimum atomic E-state index is 0.155. The van der Waals surface area contributed by atoms with Gasteiger partial charge in [0.25, 0.3) is 0 Å². The van der Waals surface area contributed by atoms with Crippen molar-refractivity contribution in [2.24, 2.45) is 11.8 Å². The first kappa shape index (κ1) is 12.4. The van der Waals surface area contributed by atoms with Gasteiger partial charge in [-0.3, -0.25) is 11.3 Å². The van der Waals surface area contributed by atoms with Gasteiger partial charge >= 0.3 is 0 Å². The number of hydrazine groups is 1. The topological polar surface area (TPSA) is 56.5 Å². The summed E-state index contributed by atoms with van der Waals surface area (Å²) in [5.41, 5.74) is 5.23. The molecule has 0 bridgehead atoms. The maximum atomic E-state index is 5.67. The monoisotopic (exact) mass is 236 g/mol. The number of hydrogen-bond acceptors (Lipinski definition) is 4.